The summed E-state index contributed by atoms with van der Waals surface area (Å²) >= 11 is 0. The van der Waals surface area contributed by atoms with Crippen LogP contribution in [0.15, 0.2) is 85.1 Å². The van der Waals surface area contributed by atoms with Gasteiger partial charge in [0.2, 0.25) is 0 Å². The average molecular weight is 412 g/mol. The Labute approximate surface area is 179 Å². The number of benzene rings is 3. The second-order valence-electron chi connectivity index (χ2n) is 7.04. The first-order chi connectivity index (χ1) is 15.0. The predicted molar refractivity (Wildman–Crippen MR) is 118 cm³/mol. The molecule has 4 aromatic rings. The van der Waals surface area contributed by atoms with E-state index in [2.05, 4.69) is 5.32 Å². The normalized spacial score (nSPS) is 10.6. The van der Waals surface area contributed by atoms with Gasteiger partial charge in [-0.2, -0.15) is 5.10 Å². The Morgan fingerprint density at radius 2 is 1.68 bits per heavy atom. The van der Waals surface area contributed by atoms with Crippen LogP contribution in [0.2, 0.25) is 0 Å². The molecular weight excluding hydrogens is 392 g/mol. The van der Waals surface area contributed by atoms with Gasteiger partial charge in [0.1, 0.15) is 0 Å². The summed E-state index contributed by atoms with van der Waals surface area (Å²) in [6, 6.07) is 24.0. The maximum Gasteiger partial charge on any atom is 0.273 e. The number of aromatic nitrogens is 2. The monoisotopic (exact) mass is 412 g/mol. The van der Waals surface area contributed by atoms with Crippen molar-refractivity contribution in [2.24, 2.45) is 0 Å². The van der Waals surface area contributed by atoms with Crippen LogP contribution in [0.5, 0.6) is 0 Å². The lowest BCUT2D eigenvalue weighted by Crippen LogP contribution is -2.24. The summed E-state index contributed by atoms with van der Waals surface area (Å²) < 4.78 is 1.78. The van der Waals surface area contributed by atoms with Crippen LogP contribution in [-0.2, 0) is 6.54 Å². The number of carbonyl (C=O) groups is 1. The minimum atomic E-state index is -0.483. The number of hydrogen-bond donors (Lipinski definition) is 1. The SMILES string of the molecule is Cc1c(C(=O)NCc2cn(-c3ccccc3)nc2-c2ccccc2)cccc1[N+](=O)[O-]. The standard InChI is InChI=1S/C24H20N4O3/c1-17-21(13-8-14-22(17)28(30)31)24(29)25-15-19-16-27(20-11-6-3-7-12-20)26-23(19)18-9-4-2-5-10-18/h2-14,16H,15H2,1H3,(H,25,29). The molecule has 3 aromatic carbocycles. The number of rotatable bonds is 6. The van der Waals surface area contributed by atoms with Crippen molar-refractivity contribution >= 4 is 11.6 Å². The van der Waals surface area contributed by atoms with E-state index in [4.69, 9.17) is 5.10 Å². The van der Waals surface area contributed by atoms with Crippen LogP contribution < -0.4 is 5.32 Å². The van der Waals surface area contributed by atoms with Crippen LogP contribution in [0.3, 0.4) is 0 Å². The lowest BCUT2D eigenvalue weighted by molar-refractivity contribution is -0.385. The lowest BCUT2D eigenvalue weighted by atomic mass is 10.1. The highest BCUT2D eigenvalue weighted by atomic mass is 16.6. The minimum Gasteiger partial charge on any atom is -0.348 e. The first-order valence-corrected chi connectivity index (χ1v) is 9.76. The molecule has 0 aliphatic carbocycles. The molecule has 31 heavy (non-hydrogen) atoms. The third-order valence-corrected chi connectivity index (χ3v) is 5.04. The van der Waals surface area contributed by atoms with Crippen LogP contribution in [0.25, 0.3) is 16.9 Å². The Balaban J connectivity index is 1.64. The summed E-state index contributed by atoms with van der Waals surface area (Å²) in [6.45, 7) is 1.81. The summed E-state index contributed by atoms with van der Waals surface area (Å²) in [5, 5.41) is 18.8. The second kappa shape index (κ2) is 8.62. The number of nitrogens with one attached hydrogen (secondary N) is 1. The van der Waals surface area contributed by atoms with Gasteiger partial charge >= 0.3 is 0 Å². The van der Waals surface area contributed by atoms with Crippen LogP contribution >= 0.6 is 0 Å². The highest BCUT2D eigenvalue weighted by Crippen LogP contribution is 2.24. The molecule has 0 bridgehead atoms. The van der Waals surface area contributed by atoms with Crippen molar-refractivity contribution in [2.45, 2.75) is 13.5 Å². The average Bonchev–Trinajstić information content (AvgIpc) is 3.23. The number of carbonyl (C=O) groups excluding carboxylic acids is 1. The third kappa shape index (κ3) is 4.20. The van der Waals surface area contributed by atoms with Gasteiger partial charge in [0.25, 0.3) is 11.6 Å². The number of nitro benzene ring substituents is 1. The van der Waals surface area contributed by atoms with E-state index in [1.165, 1.54) is 12.1 Å². The fourth-order valence-electron chi connectivity index (χ4n) is 3.43. The van der Waals surface area contributed by atoms with Crippen molar-refractivity contribution < 1.29 is 9.72 Å². The number of nitro groups is 1. The zero-order valence-electron chi connectivity index (χ0n) is 16.9. The van der Waals surface area contributed by atoms with Crippen molar-refractivity contribution in [2.75, 3.05) is 0 Å². The summed E-state index contributed by atoms with van der Waals surface area (Å²) in [7, 11) is 0. The van der Waals surface area contributed by atoms with Gasteiger partial charge in [-0.05, 0) is 25.1 Å². The maximum atomic E-state index is 12.8. The Kier molecular flexibility index (Phi) is 5.57. The molecule has 4 rings (SSSR count). The molecule has 7 heteroatoms. The molecule has 0 saturated heterocycles. The first-order valence-electron chi connectivity index (χ1n) is 9.76. The van der Waals surface area contributed by atoms with Crippen LogP contribution in [0, 0.1) is 17.0 Å². The Bertz CT molecular complexity index is 1230. The van der Waals surface area contributed by atoms with Crippen molar-refractivity contribution in [3.05, 3.63) is 112 Å². The van der Waals surface area contributed by atoms with Crippen molar-refractivity contribution in [3.63, 3.8) is 0 Å². The van der Waals surface area contributed by atoms with Crippen LogP contribution in [0.1, 0.15) is 21.5 Å². The first kappa shape index (κ1) is 20.0. The van der Waals surface area contributed by atoms with Gasteiger partial charge in [0.05, 0.1) is 16.3 Å². The largest absolute Gasteiger partial charge is 0.348 e. The van der Waals surface area contributed by atoms with E-state index in [0.29, 0.717) is 5.56 Å². The van der Waals surface area contributed by atoms with Gasteiger partial charge in [-0.15, -0.1) is 0 Å². The Hall–Kier alpha value is -4.26. The van der Waals surface area contributed by atoms with E-state index in [0.717, 1.165) is 22.5 Å². The summed E-state index contributed by atoms with van der Waals surface area (Å²) in [6.07, 6.45) is 1.89. The summed E-state index contributed by atoms with van der Waals surface area (Å²) in [5.74, 6) is -0.368. The molecule has 0 aliphatic heterocycles. The lowest BCUT2D eigenvalue weighted by Gasteiger charge is -2.08. The molecule has 0 saturated carbocycles. The van der Waals surface area contributed by atoms with Crippen molar-refractivity contribution in [1.82, 2.24) is 15.1 Å². The van der Waals surface area contributed by atoms with E-state index in [9.17, 15) is 14.9 Å². The number of amides is 1. The number of nitrogens with zero attached hydrogens (tertiary/aromatic N) is 3. The van der Waals surface area contributed by atoms with Crippen LogP contribution in [-0.4, -0.2) is 20.6 Å². The molecule has 0 radical (unpaired) electrons. The van der Waals surface area contributed by atoms with E-state index in [1.54, 1.807) is 17.7 Å². The molecule has 7 nitrogen and oxygen atoms in total. The van der Waals surface area contributed by atoms with Gasteiger partial charge in [0, 0.05) is 41.1 Å². The van der Waals surface area contributed by atoms with E-state index < -0.39 is 4.92 Å². The quantitative estimate of drug-likeness (QED) is 0.368. The molecule has 1 aromatic heterocycles. The van der Waals surface area contributed by atoms with E-state index in [1.807, 2.05) is 66.9 Å². The fraction of sp³-hybridized carbons (Fsp3) is 0.0833. The van der Waals surface area contributed by atoms with Crippen LogP contribution in [0.4, 0.5) is 5.69 Å². The summed E-state index contributed by atoms with van der Waals surface area (Å²) in [4.78, 5) is 23.5. The molecule has 0 atom stereocenters. The van der Waals surface area contributed by atoms with Gasteiger partial charge in [-0.25, -0.2) is 4.68 Å². The predicted octanol–water partition coefficient (Wildman–Crippen LogP) is 4.69. The van der Waals surface area contributed by atoms with Crippen molar-refractivity contribution in [1.29, 1.82) is 0 Å². The third-order valence-electron chi connectivity index (χ3n) is 5.04. The second-order valence-corrected chi connectivity index (χ2v) is 7.04. The zero-order valence-corrected chi connectivity index (χ0v) is 16.9. The Morgan fingerprint density at radius 3 is 2.35 bits per heavy atom. The van der Waals surface area contributed by atoms with E-state index >= 15 is 0 Å². The maximum absolute atomic E-state index is 12.8. The summed E-state index contributed by atoms with van der Waals surface area (Å²) in [5.41, 5.74) is 4.00. The molecule has 1 heterocycles. The Morgan fingerprint density at radius 1 is 1.00 bits per heavy atom. The molecule has 154 valence electrons. The van der Waals surface area contributed by atoms with Gasteiger partial charge in [-0.1, -0.05) is 54.6 Å². The highest BCUT2D eigenvalue weighted by molar-refractivity contribution is 5.96. The fourth-order valence-corrected chi connectivity index (χ4v) is 3.43. The number of para-hydroxylation sites is 1. The zero-order chi connectivity index (χ0) is 21.8. The molecule has 0 spiro atoms. The van der Waals surface area contributed by atoms with E-state index in [-0.39, 0.29) is 23.7 Å². The minimum absolute atomic E-state index is 0.0745. The van der Waals surface area contributed by atoms with Crippen molar-refractivity contribution in [3.8, 4) is 16.9 Å². The molecule has 0 fully saturated rings. The highest BCUT2D eigenvalue weighted by Gasteiger charge is 2.19. The molecule has 1 amide bonds. The number of hydrogen-bond acceptors (Lipinski definition) is 4. The molecular formula is C24H20N4O3. The molecule has 0 unspecified atom stereocenters. The van der Waals surface area contributed by atoms with Gasteiger partial charge in [0.15, 0.2) is 0 Å². The van der Waals surface area contributed by atoms with Gasteiger partial charge in [-0.3, -0.25) is 14.9 Å². The smallest absolute Gasteiger partial charge is 0.273 e. The topological polar surface area (TPSA) is 90.1 Å². The molecule has 1 N–H and O–H groups in total. The molecule has 0 aliphatic rings. The van der Waals surface area contributed by atoms with Gasteiger partial charge < -0.3 is 5.32 Å².